The van der Waals surface area contributed by atoms with Crippen LogP contribution in [0.15, 0.2) is 36.4 Å². The van der Waals surface area contributed by atoms with Crippen LogP contribution in [0.5, 0.6) is 0 Å². The van der Waals surface area contributed by atoms with Gasteiger partial charge in [0, 0.05) is 31.1 Å². The van der Waals surface area contributed by atoms with Crippen LogP contribution >= 0.6 is 0 Å². The predicted octanol–water partition coefficient (Wildman–Crippen LogP) is 2.43. The zero-order chi connectivity index (χ0) is 15.1. The van der Waals surface area contributed by atoms with E-state index in [1.54, 1.807) is 0 Å². The van der Waals surface area contributed by atoms with Crippen molar-refractivity contribution in [3.63, 3.8) is 0 Å². The van der Waals surface area contributed by atoms with Gasteiger partial charge in [0.05, 0.1) is 17.3 Å². The SMILES string of the molecule is C[C@H]1C(=O)N2CCC[C@H]2CN1Cc1ccc2ccccc2n1. The van der Waals surface area contributed by atoms with Crippen LogP contribution in [0.2, 0.25) is 0 Å². The predicted molar refractivity (Wildman–Crippen MR) is 86.4 cm³/mol. The van der Waals surface area contributed by atoms with Gasteiger partial charge in [0.1, 0.15) is 0 Å². The molecule has 0 unspecified atom stereocenters. The topological polar surface area (TPSA) is 36.4 Å². The van der Waals surface area contributed by atoms with Crippen molar-refractivity contribution in [1.29, 1.82) is 0 Å². The normalized spacial score (nSPS) is 25.7. The molecule has 22 heavy (non-hydrogen) atoms. The molecule has 2 aromatic rings. The van der Waals surface area contributed by atoms with Gasteiger partial charge in [-0.15, -0.1) is 0 Å². The number of hydrogen-bond acceptors (Lipinski definition) is 3. The molecular weight excluding hydrogens is 274 g/mol. The van der Waals surface area contributed by atoms with E-state index in [2.05, 4.69) is 28.0 Å². The Balaban J connectivity index is 1.57. The largest absolute Gasteiger partial charge is 0.337 e. The van der Waals surface area contributed by atoms with Gasteiger partial charge < -0.3 is 4.90 Å². The van der Waals surface area contributed by atoms with Gasteiger partial charge in [-0.2, -0.15) is 0 Å². The van der Waals surface area contributed by atoms with E-state index < -0.39 is 0 Å². The van der Waals surface area contributed by atoms with Crippen molar-refractivity contribution in [2.45, 2.75) is 38.4 Å². The number of carbonyl (C=O) groups excluding carboxylic acids is 1. The molecule has 114 valence electrons. The van der Waals surface area contributed by atoms with E-state index >= 15 is 0 Å². The molecule has 3 heterocycles. The fourth-order valence-corrected chi connectivity index (χ4v) is 3.75. The van der Waals surface area contributed by atoms with Crippen LogP contribution in [0.1, 0.15) is 25.5 Å². The van der Waals surface area contributed by atoms with E-state index in [9.17, 15) is 4.79 Å². The van der Waals surface area contributed by atoms with Crippen molar-refractivity contribution >= 4 is 16.8 Å². The average Bonchev–Trinajstić information content (AvgIpc) is 3.01. The summed E-state index contributed by atoms with van der Waals surface area (Å²) >= 11 is 0. The Kier molecular flexibility index (Phi) is 3.34. The first-order valence-corrected chi connectivity index (χ1v) is 8.11. The molecule has 2 atom stereocenters. The molecule has 0 bridgehead atoms. The van der Waals surface area contributed by atoms with Crippen LogP contribution in [-0.4, -0.2) is 45.9 Å². The van der Waals surface area contributed by atoms with Crippen molar-refractivity contribution in [2.24, 2.45) is 0 Å². The lowest BCUT2D eigenvalue weighted by Gasteiger charge is -2.41. The molecule has 1 amide bonds. The van der Waals surface area contributed by atoms with Gasteiger partial charge in [0.15, 0.2) is 0 Å². The first kappa shape index (κ1) is 13.7. The summed E-state index contributed by atoms with van der Waals surface area (Å²) in [5.41, 5.74) is 2.07. The standard InChI is InChI=1S/C18H21N3O/c1-13-18(22)21-10-4-6-16(21)12-20(13)11-15-9-8-14-5-2-3-7-17(14)19-15/h2-3,5,7-9,13,16H,4,6,10-12H2,1H3/t13-,16-/m0/s1. The van der Waals surface area contributed by atoms with E-state index in [0.717, 1.165) is 49.1 Å². The van der Waals surface area contributed by atoms with Gasteiger partial charge in [-0.25, -0.2) is 0 Å². The van der Waals surface area contributed by atoms with Crippen molar-refractivity contribution in [1.82, 2.24) is 14.8 Å². The molecule has 0 spiro atoms. The summed E-state index contributed by atoms with van der Waals surface area (Å²) in [5, 5.41) is 1.16. The zero-order valence-corrected chi connectivity index (χ0v) is 12.9. The average molecular weight is 295 g/mol. The highest BCUT2D eigenvalue weighted by molar-refractivity contribution is 5.83. The first-order valence-electron chi connectivity index (χ1n) is 8.11. The number of para-hydroxylation sites is 1. The summed E-state index contributed by atoms with van der Waals surface area (Å²) in [6.45, 7) is 4.69. The van der Waals surface area contributed by atoms with E-state index in [-0.39, 0.29) is 11.9 Å². The number of piperazine rings is 1. The third-order valence-electron chi connectivity index (χ3n) is 5.03. The maximum Gasteiger partial charge on any atom is 0.239 e. The fraction of sp³-hybridized carbons (Fsp3) is 0.444. The molecule has 2 aliphatic rings. The summed E-state index contributed by atoms with van der Waals surface area (Å²) in [7, 11) is 0. The second-order valence-electron chi connectivity index (χ2n) is 6.43. The number of pyridine rings is 1. The number of fused-ring (bicyclic) bond motifs is 2. The van der Waals surface area contributed by atoms with Crippen LogP contribution in [0.3, 0.4) is 0 Å². The highest BCUT2D eigenvalue weighted by Gasteiger charge is 2.40. The molecule has 2 aliphatic heterocycles. The molecule has 2 saturated heterocycles. The lowest BCUT2D eigenvalue weighted by atomic mass is 10.1. The smallest absolute Gasteiger partial charge is 0.239 e. The second kappa shape index (κ2) is 5.36. The molecule has 1 aromatic heterocycles. The zero-order valence-electron chi connectivity index (χ0n) is 12.9. The maximum atomic E-state index is 12.5. The Labute approximate surface area is 130 Å². The van der Waals surface area contributed by atoms with Gasteiger partial charge in [-0.1, -0.05) is 24.3 Å². The van der Waals surface area contributed by atoms with Gasteiger partial charge in [-0.3, -0.25) is 14.7 Å². The number of amides is 1. The van der Waals surface area contributed by atoms with E-state index in [0.29, 0.717) is 6.04 Å². The molecule has 0 N–H and O–H groups in total. The molecule has 4 heteroatoms. The Morgan fingerprint density at radius 2 is 2.09 bits per heavy atom. The molecule has 4 nitrogen and oxygen atoms in total. The number of aromatic nitrogens is 1. The minimum Gasteiger partial charge on any atom is -0.337 e. The Morgan fingerprint density at radius 1 is 1.23 bits per heavy atom. The van der Waals surface area contributed by atoms with E-state index in [4.69, 9.17) is 4.98 Å². The van der Waals surface area contributed by atoms with E-state index in [1.165, 1.54) is 0 Å². The third-order valence-corrected chi connectivity index (χ3v) is 5.03. The summed E-state index contributed by atoms with van der Waals surface area (Å²) in [5.74, 6) is 0.287. The lowest BCUT2D eigenvalue weighted by Crippen LogP contribution is -2.58. The van der Waals surface area contributed by atoms with Crippen molar-refractivity contribution in [2.75, 3.05) is 13.1 Å². The van der Waals surface area contributed by atoms with Gasteiger partial charge in [0.25, 0.3) is 0 Å². The lowest BCUT2D eigenvalue weighted by molar-refractivity contribution is -0.143. The first-order chi connectivity index (χ1) is 10.7. The van der Waals surface area contributed by atoms with Crippen molar-refractivity contribution < 1.29 is 4.79 Å². The summed E-state index contributed by atoms with van der Waals surface area (Å²) < 4.78 is 0. The monoisotopic (exact) mass is 295 g/mol. The quantitative estimate of drug-likeness (QED) is 0.854. The molecular formula is C18H21N3O. The number of nitrogens with zero attached hydrogens (tertiary/aromatic N) is 3. The molecule has 0 aliphatic carbocycles. The summed E-state index contributed by atoms with van der Waals surface area (Å²) in [6.07, 6.45) is 2.28. The maximum absolute atomic E-state index is 12.5. The van der Waals surface area contributed by atoms with E-state index in [1.807, 2.05) is 25.1 Å². The molecule has 2 fully saturated rings. The van der Waals surface area contributed by atoms with Gasteiger partial charge >= 0.3 is 0 Å². The number of rotatable bonds is 2. The highest BCUT2D eigenvalue weighted by Crippen LogP contribution is 2.26. The summed E-state index contributed by atoms with van der Waals surface area (Å²) in [6, 6.07) is 12.7. The van der Waals surface area contributed by atoms with Crippen LogP contribution in [0.4, 0.5) is 0 Å². The number of benzene rings is 1. The third kappa shape index (κ3) is 2.28. The number of hydrogen-bond donors (Lipinski definition) is 0. The fourth-order valence-electron chi connectivity index (χ4n) is 3.75. The minimum atomic E-state index is -0.0392. The van der Waals surface area contributed by atoms with Crippen molar-refractivity contribution in [3.8, 4) is 0 Å². The van der Waals surface area contributed by atoms with Crippen LogP contribution in [0.25, 0.3) is 10.9 Å². The highest BCUT2D eigenvalue weighted by atomic mass is 16.2. The minimum absolute atomic E-state index is 0.0392. The van der Waals surface area contributed by atoms with Crippen molar-refractivity contribution in [3.05, 3.63) is 42.1 Å². The Morgan fingerprint density at radius 3 is 3.00 bits per heavy atom. The molecule has 4 rings (SSSR count). The Hall–Kier alpha value is -1.94. The summed E-state index contributed by atoms with van der Waals surface area (Å²) in [4.78, 5) is 21.6. The molecule has 1 aromatic carbocycles. The van der Waals surface area contributed by atoms with Crippen LogP contribution in [0, 0.1) is 0 Å². The van der Waals surface area contributed by atoms with Gasteiger partial charge in [-0.05, 0) is 31.9 Å². The molecule has 0 saturated carbocycles. The second-order valence-corrected chi connectivity index (χ2v) is 6.43. The van der Waals surface area contributed by atoms with Crippen LogP contribution < -0.4 is 0 Å². The Bertz CT molecular complexity index is 714. The van der Waals surface area contributed by atoms with Crippen LogP contribution in [-0.2, 0) is 11.3 Å². The number of carbonyl (C=O) groups is 1. The molecule has 0 radical (unpaired) electrons. The van der Waals surface area contributed by atoms with Gasteiger partial charge in [0.2, 0.25) is 5.91 Å².